The van der Waals surface area contributed by atoms with Gasteiger partial charge in [-0.2, -0.15) is 10.4 Å². The summed E-state index contributed by atoms with van der Waals surface area (Å²) in [6, 6.07) is 10.1. The summed E-state index contributed by atoms with van der Waals surface area (Å²) in [5.41, 5.74) is 8.31. The van der Waals surface area contributed by atoms with Crippen molar-refractivity contribution in [2.75, 3.05) is 13.1 Å². The molecule has 0 radical (unpaired) electrons. The number of carbonyl (C=O) groups is 1. The molecule has 8 heteroatoms. The Morgan fingerprint density at radius 3 is 2.64 bits per heavy atom. The molecule has 1 aromatic carbocycles. The van der Waals surface area contributed by atoms with Crippen LogP contribution in [0.2, 0.25) is 0 Å². The third kappa shape index (κ3) is 4.13. The van der Waals surface area contributed by atoms with Crippen LogP contribution in [0.15, 0.2) is 34.6 Å². The van der Waals surface area contributed by atoms with E-state index in [9.17, 15) is 4.79 Å². The van der Waals surface area contributed by atoms with Gasteiger partial charge in [0.05, 0.1) is 18.7 Å². The molecule has 1 aliphatic carbocycles. The molecular formula is C20H27ClN6O. The van der Waals surface area contributed by atoms with Crippen LogP contribution in [0.5, 0.6) is 0 Å². The molecular weight excluding hydrogens is 376 g/mol. The maximum Gasteiger partial charge on any atom is 0.240 e. The standard InChI is InChI=1S/C20H26N6O.ClH/c21-12-17-5-2-10-25(17)20(27)18(22)11-14-6-8-15(9-7-14)19-13-26(24-23-19)16-3-1-4-16;/h6-9,16-19H,1-5,10-11,13,22H2;1H/t17-,18-,19?;/m0./s1. The molecule has 150 valence electrons. The van der Waals surface area contributed by atoms with Crippen LogP contribution < -0.4 is 5.73 Å². The molecule has 7 nitrogen and oxygen atoms in total. The van der Waals surface area contributed by atoms with Gasteiger partial charge in [0, 0.05) is 12.6 Å². The highest BCUT2D eigenvalue weighted by atomic mass is 35.5. The van der Waals surface area contributed by atoms with E-state index >= 15 is 0 Å². The van der Waals surface area contributed by atoms with Gasteiger partial charge in [0.25, 0.3) is 0 Å². The lowest BCUT2D eigenvalue weighted by atomic mass is 9.92. The molecule has 1 aromatic rings. The second-order valence-corrected chi connectivity index (χ2v) is 7.80. The Morgan fingerprint density at radius 2 is 2.00 bits per heavy atom. The lowest BCUT2D eigenvalue weighted by Crippen LogP contribution is -2.46. The van der Waals surface area contributed by atoms with E-state index in [1.807, 2.05) is 12.1 Å². The summed E-state index contributed by atoms with van der Waals surface area (Å²) >= 11 is 0. The first-order valence-electron chi connectivity index (χ1n) is 9.87. The molecule has 3 aliphatic rings. The van der Waals surface area contributed by atoms with E-state index in [4.69, 9.17) is 11.0 Å². The van der Waals surface area contributed by atoms with Crippen molar-refractivity contribution in [1.29, 1.82) is 5.26 Å². The topological polar surface area (TPSA) is 98.1 Å². The molecule has 2 N–H and O–H groups in total. The molecule has 1 unspecified atom stereocenters. The number of hydrogen-bond acceptors (Lipinski definition) is 6. The van der Waals surface area contributed by atoms with Gasteiger partial charge in [-0.05, 0) is 49.7 Å². The predicted octanol–water partition coefficient (Wildman–Crippen LogP) is 2.77. The Hall–Kier alpha value is -2.17. The fraction of sp³-hybridized carbons (Fsp3) is 0.600. The molecule has 4 rings (SSSR count). The molecule has 0 aromatic heterocycles. The van der Waals surface area contributed by atoms with Crippen molar-refractivity contribution in [1.82, 2.24) is 9.91 Å². The minimum Gasteiger partial charge on any atom is -0.325 e. The Balaban J connectivity index is 0.00000225. The van der Waals surface area contributed by atoms with Crippen LogP contribution in [0.3, 0.4) is 0 Å². The normalized spacial score (nSPS) is 25.1. The summed E-state index contributed by atoms with van der Waals surface area (Å²) in [7, 11) is 0. The predicted molar refractivity (Wildman–Crippen MR) is 108 cm³/mol. The average Bonchev–Trinajstić information content (AvgIpc) is 3.29. The van der Waals surface area contributed by atoms with E-state index in [2.05, 4.69) is 33.5 Å². The fourth-order valence-electron chi connectivity index (χ4n) is 4.05. The van der Waals surface area contributed by atoms with Crippen LogP contribution >= 0.6 is 12.4 Å². The van der Waals surface area contributed by atoms with Crippen molar-refractivity contribution >= 4 is 18.3 Å². The van der Waals surface area contributed by atoms with Gasteiger partial charge in [-0.3, -0.25) is 9.80 Å². The van der Waals surface area contributed by atoms with Crippen molar-refractivity contribution in [2.24, 2.45) is 16.1 Å². The zero-order chi connectivity index (χ0) is 18.8. The van der Waals surface area contributed by atoms with E-state index in [-0.39, 0.29) is 30.4 Å². The number of rotatable bonds is 5. The molecule has 1 amide bonds. The van der Waals surface area contributed by atoms with Gasteiger partial charge in [-0.25, -0.2) is 0 Å². The lowest BCUT2D eigenvalue weighted by molar-refractivity contribution is -0.132. The van der Waals surface area contributed by atoms with Crippen LogP contribution in [0.1, 0.15) is 49.3 Å². The number of amides is 1. The van der Waals surface area contributed by atoms with Crippen molar-refractivity contribution in [3.05, 3.63) is 35.4 Å². The zero-order valence-electron chi connectivity index (χ0n) is 15.9. The Labute approximate surface area is 172 Å². The van der Waals surface area contributed by atoms with E-state index in [0.717, 1.165) is 30.5 Å². The van der Waals surface area contributed by atoms with E-state index in [1.165, 1.54) is 19.3 Å². The van der Waals surface area contributed by atoms with Gasteiger partial charge < -0.3 is 10.6 Å². The molecule has 0 spiro atoms. The highest BCUT2D eigenvalue weighted by Gasteiger charge is 2.32. The number of halogens is 1. The molecule has 3 atom stereocenters. The molecule has 1 saturated carbocycles. The highest BCUT2D eigenvalue weighted by molar-refractivity contribution is 5.85. The van der Waals surface area contributed by atoms with Crippen molar-refractivity contribution in [3.8, 4) is 6.07 Å². The first-order valence-corrected chi connectivity index (χ1v) is 9.87. The fourth-order valence-corrected chi connectivity index (χ4v) is 4.05. The van der Waals surface area contributed by atoms with Crippen molar-refractivity contribution < 1.29 is 4.79 Å². The van der Waals surface area contributed by atoms with Gasteiger partial charge in [0.2, 0.25) is 5.91 Å². The largest absolute Gasteiger partial charge is 0.325 e. The Kier molecular flexibility index (Phi) is 6.53. The molecule has 2 heterocycles. The summed E-state index contributed by atoms with van der Waals surface area (Å²) in [4.78, 5) is 14.2. The minimum absolute atomic E-state index is 0. The first kappa shape index (κ1) is 20.6. The number of benzene rings is 1. The van der Waals surface area contributed by atoms with Crippen LogP contribution in [0.4, 0.5) is 0 Å². The maximum absolute atomic E-state index is 12.5. The van der Waals surface area contributed by atoms with Gasteiger partial charge >= 0.3 is 0 Å². The Bertz CT molecular complexity index is 757. The smallest absolute Gasteiger partial charge is 0.240 e. The SMILES string of the molecule is Cl.N#C[C@@H]1CCCN1C(=O)[C@@H](N)Cc1ccc(C2CN(C3CCC3)N=N2)cc1. The Morgan fingerprint density at radius 1 is 1.25 bits per heavy atom. The summed E-state index contributed by atoms with van der Waals surface area (Å²) in [6.07, 6.45) is 5.84. The molecule has 28 heavy (non-hydrogen) atoms. The van der Waals surface area contributed by atoms with Gasteiger partial charge in [-0.1, -0.05) is 29.5 Å². The number of nitrogens with zero attached hydrogens (tertiary/aromatic N) is 5. The molecule has 1 saturated heterocycles. The number of nitrogens with two attached hydrogens (primary N) is 1. The maximum atomic E-state index is 12.5. The second kappa shape index (κ2) is 8.89. The van der Waals surface area contributed by atoms with Gasteiger partial charge in [0.1, 0.15) is 12.1 Å². The number of carbonyl (C=O) groups excluding carboxylic acids is 1. The van der Waals surface area contributed by atoms with Gasteiger partial charge in [0.15, 0.2) is 0 Å². The highest BCUT2D eigenvalue weighted by Crippen LogP contribution is 2.32. The quantitative estimate of drug-likeness (QED) is 0.818. The average molecular weight is 403 g/mol. The summed E-state index contributed by atoms with van der Waals surface area (Å²) in [5, 5.41) is 20.0. The summed E-state index contributed by atoms with van der Waals surface area (Å²) in [5.74, 6) is -0.121. The monoisotopic (exact) mass is 402 g/mol. The van der Waals surface area contributed by atoms with E-state index in [0.29, 0.717) is 19.0 Å². The lowest BCUT2D eigenvalue weighted by Gasteiger charge is -2.32. The van der Waals surface area contributed by atoms with Crippen LogP contribution in [0.25, 0.3) is 0 Å². The van der Waals surface area contributed by atoms with Crippen molar-refractivity contribution in [2.45, 2.75) is 62.7 Å². The van der Waals surface area contributed by atoms with E-state index < -0.39 is 6.04 Å². The van der Waals surface area contributed by atoms with Crippen LogP contribution in [0, 0.1) is 11.3 Å². The summed E-state index contributed by atoms with van der Waals surface area (Å²) in [6.45, 7) is 1.49. The third-order valence-electron chi connectivity index (χ3n) is 5.98. The van der Waals surface area contributed by atoms with Crippen molar-refractivity contribution in [3.63, 3.8) is 0 Å². The number of likely N-dealkylation sites (tertiary alicyclic amines) is 1. The second-order valence-electron chi connectivity index (χ2n) is 7.80. The zero-order valence-corrected chi connectivity index (χ0v) is 16.7. The van der Waals surface area contributed by atoms with Crippen LogP contribution in [-0.2, 0) is 11.2 Å². The van der Waals surface area contributed by atoms with Gasteiger partial charge in [-0.15, -0.1) is 12.4 Å². The third-order valence-corrected chi connectivity index (χ3v) is 5.98. The van der Waals surface area contributed by atoms with E-state index in [1.54, 1.807) is 4.90 Å². The molecule has 2 aliphatic heterocycles. The van der Waals surface area contributed by atoms with Crippen LogP contribution in [-0.4, -0.2) is 47.0 Å². The summed E-state index contributed by atoms with van der Waals surface area (Å²) < 4.78 is 0. The number of nitriles is 1. The minimum atomic E-state index is -0.606. The molecule has 0 bridgehead atoms. The first-order chi connectivity index (χ1) is 13.2. The number of hydrogen-bond donors (Lipinski definition) is 1. The molecule has 2 fully saturated rings.